The van der Waals surface area contributed by atoms with E-state index in [0.717, 1.165) is 72.2 Å². The minimum absolute atomic E-state index is 0.311. The summed E-state index contributed by atoms with van der Waals surface area (Å²) >= 11 is 0. The van der Waals surface area contributed by atoms with Crippen LogP contribution in [0.4, 0.5) is 17.1 Å². The zero-order chi connectivity index (χ0) is 31.7. The lowest BCUT2D eigenvalue weighted by atomic mass is 9.82. The van der Waals surface area contributed by atoms with Crippen LogP contribution in [-0.2, 0) is 10.3 Å². The van der Waals surface area contributed by atoms with Gasteiger partial charge in [-0.25, -0.2) is 4.79 Å². The first-order valence-electron chi connectivity index (χ1n) is 17.0. The molecule has 3 aliphatic heterocycles. The molecule has 4 aromatic rings. The summed E-state index contributed by atoms with van der Waals surface area (Å²) in [5.74, 6) is 0.396. The number of carbonyl (C=O) groups is 1. The highest BCUT2D eigenvalue weighted by Crippen LogP contribution is 2.47. The van der Waals surface area contributed by atoms with Gasteiger partial charge in [0, 0.05) is 79.4 Å². The minimum Gasteiger partial charge on any atom is -0.472 e. The predicted molar refractivity (Wildman–Crippen MR) is 190 cm³/mol. The molecule has 238 valence electrons. The van der Waals surface area contributed by atoms with Crippen molar-refractivity contribution in [1.29, 1.82) is 0 Å². The molecule has 2 saturated heterocycles. The second kappa shape index (κ2) is 12.7. The number of hydrogen-bond acceptors (Lipinski definition) is 6. The largest absolute Gasteiger partial charge is 0.472 e. The normalized spacial score (nSPS) is 16.8. The Balaban J connectivity index is 1.38. The van der Waals surface area contributed by atoms with E-state index in [2.05, 4.69) is 101 Å². The fourth-order valence-corrected chi connectivity index (χ4v) is 7.14. The molecular formula is C40H45N3O3. The van der Waals surface area contributed by atoms with Gasteiger partial charge >= 0.3 is 5.97 Å². The molecule has 0 saturated carbocycles. The second-order valence-electron chi connectivity index (χ2n) is 13.1. The minimum atomic E-state index is -0.883. The van der Waals surface area contributed by atoms with E-state index < -0.39 is 5.60 Å². The molecule has 3 aliphatic rings. The van der Waals surface area contributed by atoms with Gasteiger partial charge in [0.25, 0.3) is 0 Å². The zero-order valence-electron chi connectivity index (χ0n) is 27.4. The molecule has 0 aliphatic carbocycles. The number of esters is 1. The van der Waals surface area contributed by atoms with E-state index in [0.29, 0.717) is 17.9 Å². The Morgan fingerprint density at radius 1 is 0.826 bits per heavy atom. The van der Waals surface area contributed by atoms with Crippen LogP contribution >= 0.6 is 0 Å². The maximum absolute atomic E-state index is 13.5. The number of carbonyl (C=O) groups excluding carboxylic acids is 1. The third-order valence-corrected chi connectivity index (χ3v) is 9.87. The number of fused-ring (bicyclic) bond motifs is 3. The van der Waals surface area contributed by atoms with Crippen molar-refractivity contribution < 1.29 is 14.3 Å². The van der Waals surface area contributed by atoms with Gasteiger partial charge in [0.05, 0.1) is 12.2 Å². The van der Waals surface area contributed by atoms with Crippen LogP contribution in [0.15, 0.2) is 78.9 Å². The molecule has 0 atom stereocenters. The van der Waals surface area contributed by atoms with Gasteiger partial charge in [0.1, 0.15) is 5.75 Å². The molecule has 0 spiro atoms. The van der Waals surface area contributed by atoms with E-state index in [4.69, 9.17) is 9.47 Å². The van der Waals surface area contributed by atoms with Crippen LogP contribution in [0.25, 0.3) is 16.8 Å². The fraction of sp³-hybridized carbons (Fsp3) is 0.375. The van der Waals surface area contributed by atoms with Gasteiger partial charge in [-0.3, -0.25) is 0 Å². The van der Waals surface area contributed by atoms with Crippen molar-refractivity contribution in [1.82, 2.24) is 0 Å². The molecular weight excluding hydrogens is 570 g/mol. The van der Waals surface area contributed by atoms with Gasteiger partial charge in [-0.1, -0.05) is 43.7 Å². The summed E-state index contributed by atoms with van der Waals surface area (Å²) in [5.41, 5.74) is 6.10. The van der Waals surface area contributed by atoms with Crippen molar-refractivity contribution >= 4 is 39.9 Å². The molecule has 4 aromatic carbocycles. The first kappa shape index (κ1) is 30.2. The van der Waals surface area contributed by atoms with E-state index >= 15 is 0 Å². The van der Waals surface area contributed by atoms with E-state index in [1.54, 1.807) is 0 Å². The number of unbranched alkanes of at least 4 members (excludes halogenated alkanes) is 1. The number of hydrogen-bond donors (Lipinski definition) is 0. The van der Waals surface area contributed by atoms with Crippen LogP contribution < -0.4 is 19.4 Å². The first-order valence-corrected chi connectivity index (χ1v) is 17.0. The van der Waals surface area contributed by atoms with Gasteiger partial charge in [-0.05, 0) is 92.1 Å². The number of nitrogens with zero attached hydrogens (tertiary/aromatic N) is 3. The number of benzene rings is 4. The molecule has 0 N–H and O–H groups in total. The van der Waals surface area contributed by atoms with Crippen LogP contribution in [-0.4, -0.2) is 52.9 Å². The highest BCUT2D eigenvalue weighted by molar-refractivity contribution is 6.04. The average molecular weight is 616 g/mol. The van der Waals surface area contributed by atoms with Crippen molar-refractivity contribution in [3.8, 4) is 5.75 Å². The van der Waals surface area contributed by atoms with E-state index in [1.165, 1.54) is 37.1 Å². The van der Waals surface area contributed by atoms with Crippen molar-refractivity contribution in [2.24, 2.45) is 0 Å². The number of ether oxygens (including phenoxy) is 2. The molecule has 3 heterocycles. The summed E-state index contributed by atoms with van der Waals surface area (Å²) in [6.07, 6.45) is 11.0. The summed E-state index contributed by atoms with van der Waals surface area (Å²) in [5, 5.41) is 1.92. The summed E-state index contributed by atoms with van der Waals surface area (Å²) in [4.78, 5) is 20.5. The first-order chi connectivity index (χ1) is 22.5. The molecule has 0 aromatic heterocycles. The Labute approximate surface area is 273 Å². The molecule has 46 heavy (non-hydrogen) atoms. The number of anilines is 3. The van der Waals surface area contributed by atoms with Crippen LogP contribution in [0.2, 0.25) is 0 Å². The third-order valence-electron chi connectivity index (χ3n) is 9.87. The smallest absolute Gasteiger partial charge is 0.338 e. The van der Waals surface area contributed by atoms with E-state index in [1.807, 2.05) is 20.2 Å². The second-order valence-corrected chi connectivity index (χ2v) is 13.1. The van der Waals surface area contributed by atoms with Gasteiger partial charge in [-0.15, -0.1) is 0 Å². The van der Waals surface area contributed by atoms with Crippen LogP contribution in [0.1, 0.15) is 72.5 Å². The summed E-state index contributed by atoms with van der Waals surface area (Å²) in [7, 11) is 4.09. The van der Waals surface area contributed by atoms with Crippen molar-refractivity contribution in [2.45, 2.75) is 51.0 Å². The van der Waals surface area contributed by atoms with Crippen LogP contribution in [0.5, 0.6) is 5.75 Å². The zero-order valence-corrected chi connectivity index (χ0v) is 27.4. The van der Waals surface area contributed by atoms with Gasteiger partial charge in [0.2, 0.25) is 0 Å². The number of rotatable bonds is 9. The lowest BCUT2D eigenvalue weighted by Crippen LogP contribution is -2.35. The quantitative estimate of drug-likeness (QED) is 0.139. The Kier molecular flexibility index (Phi) is 8.37. The Morgan fingerprint density at radius 2 is 1.41 bits per heavy atom. The molecule has 6 nitrogen and oxygen atoms in total. The van der Waals surface area contributed by atoms with E-state index in [-0.39, 0.29) is 5.97 Å². The molecule has 0 radical (unpaired) electrons. The molecule has 0 amide bonds. The van der Waals surface area contributed by atoms with Crippen LogP contribution in [0.3, 0.4) is 0 Å². The van der Waals surface area contributed by atoms with Crippen molar-refractivity contribution in [3.05, 3.63) is 101 Å². The molecule has 0 unspecified atom stereocenters. The van der Waals surface area contributed by atoms with Gasteiger partial charge in [-0.2, -0.15) is 0 Å². The lowest BCUT2D eigenvalue weighted by Gasteiger charge is -2.37. The molecule has 7 rings (SSSR count). The Morgan fingerprint density at radius 3 is 1.96 bits per heavy atom. The Bertz CT molecular complexity index is 1670. The van der Waals surface area contributed by atoms with Gasteiger partial charge < -0.3 is 24.2 Å². The summed E-state index contributed by atoms with van der Waals surface area (Å²) < 4.78 is 13.1. The molecule has 6 heteroatoms. The predicted octanol–water partition coefficient (Wildman–Crippen LogP) is 8.41. The summed E-state index contributed by atoms with van der Waals surface area (Å²) in [6.45, 7) is 6.91. The van der Waals surface area contributed by atoms with Gasteiger partial charge in [0.15, 0.2) is 5.60 Å². The topological polar surface area (TPSA) is 45.2 Å². The van der Waals surface area contributed by atoms with Crippen molar-refractivity contribution in [3.63, 3.8) is 0 Å². The van der Waals surface area contributed by atoms with Crippen LogP contribution in [0, 0.1) is 0 Å². The lowest BCUT2D eigenvalue weighted by molar-refractivity contribution is 0.0498. The highest BCUT2D eigenvalue weighted by atomic mass is 16.5. The maximum atomic E-state index is 13.5. The summed E-state index contributed by atoms with van der Waals surface area (Å²) in [6, 6.07) is 26.1. The average Bonchev–Trinajstić information content (AvgIpc) is 3.84. The fourth-order valence-electron chi connectivity index (χ4n) is 7.14. The molecule has 2 fully saturated rings. The standard InChI is InChI=1S/C40H45N3O3/c1-4-5-26-45-39(44)37-27-29-10-15-34(41(2)3)28-36(29)38-35(37)20-21-40(46-38,30-11-16-32(17-12-30)42-22-6-7-23-42)31-13-18-33(19-14-31)43-24-8-9-25-43/h10-21,27-28H,4-9,22-26H2,1-3H3. The molecule has 0 bridgehead atoms. The Hall–Kier alpha value is -4.45. The monoisotopic (exact) mass is 615 g/mol. The highest BCUT2D eigenvalue weighted by Gasteiger charge is 2.39. The maximum Gasteiger partial charge on any atom is 0.338 e. The SMILES string of the molecule is CCCCOC(=O)c1cc2ccc(N(C)C)cc2c2c1C=CC(c1ccc(N3CCCC3)cc1)(c1ccc(N3CCCC3)cc1)O2. The third kappa shape index (κ3) is 5.59. The van der Waals surface area contributed by atoms with E-state index in [9.17, 15) is 4.79 Å². The van der Waals surface area contributed by atoms with Crippen molar-refractivity contribution in [2.75, 3.05) is 61.6 Å².